The van der Waals surface area contributed by atoms with Crippen LogP contribution in [-0.2, 0) is 4.74 Å². The van der Waals surface area contributed by atoms with E-state index in [1.807, 2.05) is 12.1 Å². The molecule has 1 aliphatic rings. The van der Waals surface area contributed by atoms with Gasteiger partial charge in [0, 0.05) is 24.3 Å². The molecule has 0 unspecified atom stereocenters. The zero-order chi connectivity index (χ0) is 11.7. The van der Waals surface area contributed by atoms with Crippen LogP contribution in [0.4, 0.5) is 5.69 Å². The fourth-order valence-corrected chi connectivity index (χ4v) is 2.71. The van der Waals surface area contributed by atoms with Crippen molar-refractivity contribution >= 4 is 16.5 Å². The summed E-state index contributed by atoms with van der Waals surface area (Å²) in [6.07, 6.45) is 2.24. The van der Waals surface area contributed by atoms with Crippen molar-refractivity contribution in [1.29, 1.82) is 0 Å². The Bertz CT molecular complexity index is 529. The van der Waals surface area contributed by atoms with E-state index < -0.39 is 0 Å². The average molecular weight is 227 g/mol. The van der Waals surface area contributed by atoms with Gasteiger partial charge in [0.15, 0.2) is 0 Å². The average Bonchev–Trinajstić information content (AvgIpc) is 2.41. The topological polar surface area (TPSA) is 35.2 Å². The van der Waals surface area contributed by atoms with Gasteiger partial charge in [-0.15, -0.1) is 0 Å². The van der Waals surface area contributed by atoms with Crippen molar-refractivity contribution in [3.63, 3.8) is 0 Å². The SMILES string of the molecule is Nc1ccc(C2CCOCC2)c2ccccc12. The van der Waals surface area contributed by atoms with Crippen LogP contribution in [0, 0.1) is 0 Å². The molecular weight excluding hydrogens is 210 g/mol. The number of nitrogens with two attached hydrogens (primary N) is 1. The summed E-state index contributed by atoms with van der Waals surface area (Å²) in [5, 5.41) is 2.48. The molecule has 1 fully saturated rings. The Labute approximate surface area is 101 Å². The molecule has 88 valence electrons. The maximum atomic E-state index is 6.03. The van der Waals surface area contributed by atoms with Crippen molar-refractivity contribution in [3.05, 3.63) is 42.0 Å². The van der Waals surface area contributed by atoms with Gasteiger partial charge in [-0.2, -0.15) is 0 Å². The second-order valence-corrected chi connectivity index (χ2v) is 4.68. The third kappa shape index (κ3) is 1.89. The molecule has 2 nitrogen and oxygen atoms in total. The number of benzene rings is 2. The van der Waals surface area contributed by atoms with Gasteiger partial charge < -0.3 is 10.5 Å². The predicted octanol–water partition coefficient (Wildman–Crippen LogP) is 3.32. The molecule has 1 aliphatic heterocycles. The van der Waals surface area contributed by atoms with Crippen LogP contribution in [0.15, 0.2) is 36.4 Å². The Morgan fingerprint density at radius 3 is 2.41 bits per heavy atom. The van der Waals surface area contributed by atoms with Crippen molar-refractivity contribution in [1.82, 2.24) is 0 Å². The molecule has 0 saturated carbocycles. The third-order valence-electron chi connectivity index (χ3n) is 3.65. The summed E-state index contributed by atoms with van der Waals surface area (Å²) >= 11 is 0. The quantitative estimate of drug-likeness (QED) is 0.758. The number of anilines is 1. The lowest BCUT2D eigenvalue weighted by molar-refractivity contribution is 0.0856. The van der Waals surface area contributed by atoms with E-state index in [0.29, 0.717) is 5.92 Å². The summed E-state index contributed by atoms with van der Waals surface area (Å²) in [5.41, 5.74) is 8.33. The Kier molecular flexibility index (Phi) is 2.73. The molecule has 2 aromatic rings. The van der Waals surface area contributed by atoms with E-state index in [9.17, 15) is 0 Å². The zero-order valence-corrected chi connectivity index (χ0v) is 9.86. The van der Waals surface area contributed by atoms with Crippen LogP contribution in [0.2, 0.25) is 0 Å². The molecule has 17 heavy (non-hydrogen) atoms. The highest BCUT2D eigenvalue weighted by molar-refractivity contribution is 5.95. The van der Waals surface area contributed by atoms with Gasteiger partial charge in [-0.1, -0.05) is 30.3 Å². The minimum absolute atomic E-state index is 0.620. The van der Waals surface area contributed by atoms with Crippen LogP contribution in [0.5, 0.6) is 0 Å². The highest BCUT2D eigenvalue weighted by Crippen LogP contribution is 2.34. The second-order valence-electron chi connectivity index (χ2n) is 4.68. The van der Waals surface area contributed by atoms with E-state index in [2.05, 4.69) is 24.3 Å². The van der Waals surface area contributed by atoms with Gasteiger partial charge in [-0.05, 0) is 35.8 Å². The smallest absolute Gasteiger partial charge is 0.0471 e. The van der Waals surface area contributed by atoms with E-state index in [4.69, 9.17) is 10.5 Å². The minimum Gasteiger partial charge on any atom is -0.398 e. The van der Waals surface area contributed by atoms with Crippen LogP contribution >= 0.6 is 0 Å². The molecule has 2 N–H and O–H groups in total. The van der Waals surface area contributed by atoms with Gasteiger partial charge in [-0.3, -0.25) is 0 Å². The van der Waals surface area contributed by atoms with Gasteiger partial charge >= 0.3 is 0 Å². The summed E-state index contributed by atoms with van der Waals surface area (Å²) in [6, 6.07) is 12.6. The maximum Gasteiger partial charge on any atom is 0.0471 e. The third-order valence-corrected chi connectivity index (χ3v) is 3.65. The molecule has 0 aliphatic carbocycles. The van der Waals surface area contributed by atoms with Crippen molar-refractivity contribution in [2.45, 2.75) is 18.8 Å². The highest BCUT2D eigenvalue weighted by Gasteiger charge is 2.18. The first kappa shape index (κ1) is 10.6. The van der Waals surface area contributed by atoms with Crippen LogP contribution in [0.3, 0.4) is 0 Å². The fourth-order valence-electron chi connectivity index (χ4n) is 2.71. The first-order valence-electron chi connectivity index (χ1n) is 6.21. The standard InChI is InChI=1S/C15H17NO/c16-15-6-5-12(11-7-9-17-10-8-11)13-3-1-2-4-14(13)15/h1-6,11H,7-10,16H2. The summed E-state index contributed by atoms with van der Waals surface area (Å²) in [5.74, 6) is 0.620. The summed E-state index contributed by atoms with van der Waals surface area (Å²) < 4.78 is 5.43. The normalized spacial score (nSPS) is 17.4. The Morgan fingerprint density at radius 1 is 0.941 bits per heavy atom. The van der Waals surface area contributed by atoms with Crippen LogP contribution < -0.4 is 5.73 Å². The van der Waals surface area contributed by atoms with Gasteiger partial charge in [0.1, 0.15) is 0 Å². The molecule has 2 aromatic carbocycles. The first-order valence-corrected chi connectivity index (χ1v) is 6.21. The van der Waals surface area contributed by atoms with Crippen LogP contribution in [0.25, 0.3) is 10.8 Å². The Hall–Kier alpha value is -1.54. The molecule has 0 radical (unpaired) electrons. The first-order chi connectivity index (χ1) is 8.36. The van der Waals surface area contributed by atoms with Crippen molar-refractivity contribution in [2.75, 3.05) is 18.9 Å². The highest BCUT2D eigenvalue weighted by atomic mass is 16.5. The van der Waals surface area contributed by atoms with E-state index in [-0.39, 0.29) is 0 Å². The molecule has 1 heterocycles. The van der Waals surface area contributed by atoms with E-state index in [1.165, 1.54) is 16.3 Å². The number of hydrogen-bond donors (Lipinski definition) is 1. The van der Waals surface area contributed by atoms with Gasteiger partial charge in [0.2, 0.25) is 0 Å². The van der Waals surface area contributed by atoms with E-state index >= 15 is 0 Å². The predicted molar refractivity (Wildman–Crippen MR) is 71.2 cm³/mol. The number of ether oxygens (including phenoxy) is 1. The monoisotopic (exact) mass is 227 g/mol. The summed E-state index contributed by atoms with van der Waals surface area (Å²) in [7, 11) is 0. The number of nitrogen functional groups attached to an aromatic ring is 1. The molecule has 0 spiro atoms. The maximum absolute atomic E-state index is 6.03. The molecule has 2 heteroatoms. The molecule has 0 bridgehead atoms. The van der Waals surface area contributed by atoms with Crippen molar-refractivity contribution < 1.29 is 4.74 Å². The van der Waals surface area contributed by atoms with Crippen molar-refractivity contribution in [3.8, 4) is 0 Å². The van der Waals surface area contributed by atoms with E-state index in [0.717, 1.165) is 31.7 Å². The van der Waals surface area contributed by atoms with Crippen LogP contribution in [0.1, 0.15) is 24.3 Å². The van der Waals surface area contributed by atoms with Crippen LogP contribution in [-0.4, -0.2) is 13.2 Å². The van der Waals surface area contributed by atoms with Crippen molar-refractivity contribution in [2.24, 2.45) is 0 Å². The fraction of sp³-hybridized carbons (Fsp3) is 0.333. The lowest BCUT2D eigenvalue weighted by atomic mass is 9.87. The molecule has 3 rings (SSSR count). The molecule has 0 atom stereocenters. The molecule has 1 saturated heterocycles. The molecule has 0 amide bonds. The summed E-state index contributed by atoms with van der Waals surface area (Å²) in [6.45, 7) is 1.76. The Balaban J connectivity index is 2.12. The Morgan fingerprint density at radius 2 is 1.65 bits per heavy atom. The number of hydrogen-bond acceptors (Lipinski definition) is 2. The largest absolute Gasteiger partial charge is 0.398 e. The minimum atomic E-state index is 0.620. The lowest BCUT2D eigenvalue weighted by Crippen LogP contribution is -2.14. The second kappa shape index (κ2) is 4.38. The molecule has 0 aromatic heterocycles. The summed E-state index contributed by atoms with van der Waals surface area (Å²) in [4.78, 5) is 0. The zero-order valence-electron chi connectivity index (χ0n) is 9.86. The van der Waals surface area contributed by atoms with Gasteiger partial charge in [-0.25, -0.2) is 0 Å². The molecular formula is C15H17NO. The lowest BCUT2D eigenvalue weighted by Gasteiger charge is -2.24. The van der Waals surface area contributed by atoms with E-state index in [1.54, 1.807) is 0 Å². The van der Waals surface area contributed by atoms with Gasteiger partial charge in [0.25, 0.3) is 0 Å². The number of rotatable bonds is 1. The van der Waals surface area contributed by atoms with Gasteiger partial charge in [0.05, 0.1) is 0 Å². The number of fused-ring (bicyclic) bond motifs is 1.